The molecule has 0 saturated heterocycles. The normalized spacial score (nSPS) is 10.8. The van der Waals surface area contributed by atoms with Crippen molar-refractivity contribution in [3.63, 3.8) is 0 Å². The molecule has 170 valence electrons. The molecular formula is C23H24O9. The molecular weight excluding hydrogens is 420 g/mol. The van der Waals surface area contributed by atoms with Crippen LogP contribution in [0.5, 0.6) is 11.5 Å². The van der Waals surface area contributed by atoms with Crippen molar-refractivity contribution in [1.82, 2.24) is 0 Å². The Morgan fingerprint density at radius 1 is 0.719 bits per heavy atom. The summed E-state index contributed by atoms with van der Waals surface area (Å²) in [5.74, 6) is -2.90. The van der Waals surface area contributed by atoms with Crippen LogP contribution in [0, 0.1) is 5.41 Å². The molecule has 2 aromatic carbocycles. The van der Waals surface area contributed by atoms with Gasteiger partial charge in [-0.1, -0.05) is 24.3 Å². The lowest BCUT2D eigenvalue weighted by molar-refractivity contribution is -0.187. The Kier molecular flexibility index (Phi) is 7.95. The molecule has 9 nitrogen and oxygen atoms in total. The predicted molar refractivity (Wildman–Crippen MR) is 111 cm³/mol. The molecule has 0 amide bonds. The second kappa shape index (κ2) is 10.4. The minimum Gasteiger partial charge on any atom is -0.431 e. The van der Waals surface area contributed by atoms with Crippen molar-refractivity contribution in [2.75, 3.05) is 0 Å². The topological polar surface area (TPSA) is 114 Å². The summed E-state index contributed by atoms with van der Waals surface area (Å²) in [5, 5.41) is 0. The summed E-state index contributed by atoms with van der Waals surface area (Å²) in [6.45, 7) is 8.26. The number of para-hydroxylation sites is 2. The fraction of sp³-hybridized carbons (Fsp3) is 0.304. The Hall–Kier alpha value is -3.88. The molecule has 0 aliphatic heterocycles. The maximum atomic E-state index is 12.4. The van der Waals surface area contributed by atoms with Crippen LogP contribution in [-0.4, -0.2) is 30.2 Å². The van der Waals surface area contributed by atoms with Crippen LogP contribution in [0.2, 0.25) is 0 Å². The summed E-state index contributed by atoms with van der Waals surface area (Å²) in [6.07, 6.45) is -1.43. The number of hydrogen-bond donors (Lipinski definition) is 0. The predicted octanol–water partition coefficient (Wildman–Crippen LogP) is 4.49. The van der Waals surface area contributed by atoms with Gasteiger partial charge in [0.25, 0.3) is 0 Å². The first-order valence-corrected chi connectivity index (χ1v) is 9.71. The number of carbonyl (C=O) groups is 4. The highest BCUT2D eigenvalue weighted by molar-refractivity contribution is 5.96. The van der Waals surface area contributed by atoms with Gasteiger partial charge < -0.3 is 14.2 Å². The van der Waals surface area contributed by atoms with Crippen molar-refractivity contribution in [2.45, 2.75) is 40.7 Å². The summed E-state index contributed by atoms with van der Waals surface area (Å²) in [5.41, 5.74) is -1.10. The van der Waals surface area contributed by atoms with E-state index in [2.05, 4.69) is 9.78 Å². The van der Waals surface area contributed by atoms with Crippen LogP contribution in [0.1, 0.15) is 55.3 Å². The Bertz CT molecular complexity index is 1000. The highest BCUT2D eigenvalue weighted by atomic mass is 17.2. The molecule has 0 aliphatic carbocycles. The van der Waals surface area contributed by atoms with Crippen LogP contribution in [-0.2, 0) is 19.3 Å². The van der Waals surface area contributed by atoms with E-state index in [4.69, 9.17) is 14.2 Å². The monoisotopic (exact) mass is 444 g/mol. The Morgan fingerprint density at radius 3 is 1.59 bits per heavy atom. The molecule has 0 bridgehead atoms. The van der Waals surface area contributed by atoms with Crippen LogP contribution in [0.15, 0.2) is 48.5 Å². The van der Waals surface area contributed by atoms with E-state index >= 15 is 0 Å². The first-order valence-electron chi connectivity index (χ1n) is 9.71. The van der Waals surface area contributed by atoms with Crippen LogP contribution >= 0.6 is 0 Å². The van der Waals surface area contributed by atoms with E-state index in [9.17, 15) is 19.2 Å². The number of ether oxygens (including phenoxy) is 3. The molecule has 0 radical (unpaired) electrons. The molecule has 9 heteroatoms. The van der Waals surface area contributed by atoms with Gasteiger partial charge in [-0.3, -0.25) is 4.79 Å². The summed E-state index contributed by atoms with van der Waals surface area (Å²) in [7, 11) is 0. The first kappa shape index (κ1) is 24.4. The number of rotatable bonds is 5. The summed E-state index contributed by atoms with van der Waals surface area (Å²) in [6, 6.07) is 11.5. The average molecular weight is 444 g/mol. The summed E-state index contributed by atoms with van der Waals surface area (Å²) < 4.78 is 15.1. The van der Waals surface area contributed by atoms with E-state index in [0.717, 1.165) is 0 Å². The van der Waals surface area contributed by atoms with Crippen molar-refractivity contribution >= 4 is 24.1 Å². The molecule has 0 spiro atoms. The van der Waals surface area contributed by atoms with Gasteiger partial charge in [0.05, 0.1) is 11.5 Å². The Balaban J connectivity index is 2.10. The van der Waals surface area contributed by atoms with E-state index in [1.807, 2.05) is 0 Å². The quantitative estimate of drug-likeness (QED) is 0.216. The third-order valence-electron chi connectivity index (χ3n) is 3.75. The third kappa shape index (κ3) is 6.83. The van der Waals surface area contributed by atoms with Crippen molar-refractivity contribution in [3.05, 3.63) is 59.7 Å². The smallest absolute Gasteiger partial charge is 0.431 e. The van der Waals surface area contributed by atoms with Crippen molar-refractivity contribution in [3.8, 4) is 11.5 Å². The van der Waals surface area contributed by atoms with E-state index in [0.29, 0.717) is 0 Å². The molecule has 0 heterocycles. The third-order valence-corrected chi connectivity index (χ3v) is 3.75. The van der Waals surface area contributed by atoms with Gasteiger partial charge in [0.15, 0.2) is 0 Å². The van der Waals surface area contributed by atoms with Crippen molar-refractivity contribution in [2.24, 2.45) is 5.41 Å². The second-order valence-electron chi connectivity index (χ2n) is 7.89. The highest BCUT2D eigenvalue weighted by Gasteiger charge is 2.27. The Morgan fingerprint density at radius 2 is 1.16 bits per heavy atom. The molecule has 0 saturated carbocycles. The molecule has 2 rings (SSSR count). The van der Waals surface area contributed by atoms with Crippen molar-refractivity contribution < 1.29 is 43.2 Å². The SMILES string of the molecule is CC(C)OC(=O)Oc1ccccc1C(=O)OOC(=O)c1ccccc1OC(=O)C(C)(C)C. The molecule has 0 unspecified atom stereocenters. The van der Waals surface area contributed by atoms with Gasteiger partial charge in [0.1, 0.15) is 22.6 Å². The van der Waals surface area contributed by atoms with Crippen molar-refractivity contribution in [1.29, 1.82) is 0 Å². The zero-order valence-electron chi connectivity index (χ0n) is 18.4. The maximum absolute atomic E-state index is 12.4. The zero-order chi connectivity index (χ0) is 23.9. The zero-order valence-corrected chi connectivity index (χ0v) is 18.4. The fourth-order valence-electron chi connectivity index (χ4n) is 2.17. The number of esters is 1. The maximum Gasteiger partial charge on any atom is 0.514 e. The number of carbonyl (C=O) groups excluding carboxylic acids is 4. The minimum absolute atomic E-state index is 0.0476. The second-order valence-corrected chi connectivity index (χ2v) is 7.89. The van der Waals surface area contributed by atoms with E-state index < -0.39 is 35.6 Å². The molecule has 0 atom stereocenters. The number of benzene rings is 2. The van der Waals surface area contributed by atoms with Gasteiger partial charge in [-0.05, 0) is 58.9 Å². The van der Waals surface area contributed by atoms with Gasteiger partial charge in [0, 0.05) is 0 Å². The molecule has 2 aromatic rings. The molecule has 0 N–H and O–H groups in total. The van der Waals surface area contributed by atoms with E-state index in [-0.39, 0.29) is 22.6 Å². The first-order chi connectivity index (χ1) is 15.0. The molecule has 0 aliphatic rings. The van der Waals surface area contributed by atoms with Gasteiger partial charge in [-0.15, -0.1) is 0 Å². The van der Waals surface area contributed by atoms with Crippen LogP contribution < -0.4 is 9.47 Å². The molecule has 0 aromatic heterocycles. The lowest BCUT2D eigenvalue weighted by atomic mass is 9.97. The van der Waals surface area contributed by atoms with E-state index in [1.165, 1.54) is 42.5 Å². The molecule has 32 heavy (non-hydrogen) atoms. The van der Waals surface area contributed by atoms with Gasteiger partial charge >= 0.3 is 24.1 Å². The Labute approximate surface area is 185 Å². The highest BCUT2D eigenvalue weighted by Crippen LogP contribution is 2.24. The lowest BCUT2D eigenvalue weighted by Crippen LogP contribution is -2.26. The van der Waals surface area contributed by atoms with E-state index in [1.54, 1.807) is 40.7 Å². The van der Waals surface area contributed by atoms with Crippen LogP contribution in [0.4, 0.5) is 4.79 Å². The van der Waals surface area contributed by atoms with Gasteiger partial charge in [-0.25, -0.2) is 24.2 Å². The van der Waals surface area contributed by atoms with Gasteiger partial charge in [0.2, 0.25) is 0 Å². The lowest BCUT2D eigenvalue weighted by Gasteiger charge is -2.17. The molecule has 0 fully saturated rings. The van der Waals surface area contributed by atoms with Crippen LogP contribution in [0.25, 0.3) is 0 Å². The standard InChI is InChI=1S/C23H24O9/c1-14(2)28-22(27)30-18-13-9-7-11-16(18)20(25)32-31-19(24)15-10-6-8-12-17(15)29-21(26)23(3,4)5/h6-14H,1-5H3. The van der Waals surface area contributed by atoms with Crippen LogP contribution in [0.3, 0.4) is 0 Å². The minimum atomic E-state index is -1.09. The summed E-state index contributed by atoms with van der Waals surface area (Å²) in [4.78, 5) is 57.9. The average Bonchev–Trinajstić information content (AvgIpc) is 2.71. The van der Waals surface area contributed by atoms with Gasteiger partial charge in [-0.2, -0.15) is 0 Å². The number of hydrogen-bond acceptors (Lipinski definition) is 9. The fourth-order valence-corrected chi connectivity index (χ4v) is 2.17. The summed E-state index contributed by atoms with van der Waals surface area (Å²) >= 11 is 0. The largest absolute Gasteiger partial charge is 0.514 e.